The Labute approximate surface area is 203 Å². The number of aliphatic hydroxyl groups excluding tert-OH is 1. The molecule has 1 aliphatic carbocycles. The molecule has 2 fully saturated rings. The van der Waals surface area contributed by atoms with Crippen LogP contribution < -0.4 is 16.6 Å². The van der Waals surface area contributed by atoms with E-state index in [4.69, 9.17) is 11.1 Å². The minimum atomic E-state index is -0.219. The fraction of sp³-hybridized carbons (Fsp3) is 0.241. The van der Waals surface area contributed by atoms with Gasteiger partial charge in [0.2, 0.25) is 0 Å². The molecule has 0 spiro atoms. The number of rotatable bonds is 6. The summed E-state index contributed by atoms with van der Waals surface area (Å²) in [6.07, 6.45) is 3.67. The van der Waals surface area contributed by atoms with Crippen LogP contribution in [0, 0.1) is 5.41 Å². The van der Waals surface area contributed by atoms with E-state index >= 15 is 0 Å². The van der Waals surface area contributed by atoms with Crippen molar-refractivity contribution in [2.45, 2.75) is 31.3 Å². The number of nitrogens with two attached hydrogens (primary N) is 1. The van der Waals surface area contributed by atoms with Crippen LogP contribution in [0.2, 0.25) is 0 Å². The number of aliphatic hydroxyl groups is 1. The fourth-order valence-corrected chi connectivity index (χ4v) is 5.16. The molecule has 0 unspecified atom stereocenters. The summed E-state index contributed by atoms with van der Waals surface area (Å²) in [6.45, 7) is 1.42. The molecule has 1 saturated carbocycles. The second-order valence-corrected chi connectivity index (χ2v) is 9.64. The summed E-state index contributed by atoms with van der Waals surface area (Å²) >= 11 is 0. The zero-order valence-corrected chi connectivity index (χ0v) is 19.4. The van der Waals surface area contributed by atoms with Gasteiger partial charge in [-0.3, -0.25) is 9.36 Å². The Morgan fingerprint density at radius 1 is 1.06 bits per heavy atom. The molecule has 2 aliphatic rings. The molecule has 5 N–H and O–H groups in total. The predicted molar refractivity (Wildman–Crippen MR) is 141 cm³/mol. The van der Waals surface area contributed by atoms with Crippen molar-refractivity contribution in [3.05, 3.63) is 93.4 Å². The maximum atomic E-state index is 14.0. The third kappa shape index (κ3) is 3.66. The smallest absolute Gasteiger partial charge is 0.263 e. The standard InChI is InChI=1S/C29H28N4O2/c30-13-21-11-19(7-9-26(21)31)23-2-1-3-27(25(23)16-34)33-28(22-14-32-15-22)12-20-10-18(17-4-5-17)6-8-24(20)29(33)35/h1-3,6-13,17,22,30,32,34H,4-5,14-16,31H2. The molecule has 2 heterocycles. The average molecular weight is 465 g/mol. The van der Waals surface area contributed by atoms with E-state index in [2.05, 4.69) is 23.5 Å². The first-order valence-corrected chi connectivity index (χ1v) is 12.1. The van der Waals surface area contributed by atoms with Crippen molar-refractivity contribution in [3.8, 4) is 16.8 Å². The van der Waals surface area contributed by atoms with E-state index < -0.39 is 0 Å². The molecule has 1 aromatic heterocycles. The van der Waals surface area contributed by atoms with Crippen molar-refractivity contribution in [1.82, 2.24) is 9.88 Å². The van der Waals surface area contributed by atoms with E-state index in [1.165, 1.54) is 24.6 Å². The molecule has 176 valence electrons. The highest BCUT2D eigenvalue weighted by atomic mass is 16.3. The van der Waals surface area contributed by atoms with Crippen LogP contribution >= 0.6 is 0 Å². The quantitative estimate of drug-likeness (QED) is 0.252. The van der Waals surface area contributed by atoms with Gasteiger partial charge >= 0.3 is 0 Å². The summed E-state index contributed by atoms with van der Waals surface area (Å²) < 4.78 is 1.80. The third-order valence-electron chi connectivity index (χ3n) is 7.42. The van der Waals surface area contributed by atoms with Crippen LogP contribution in [0.1, 0.15) is 47.1 Å². The Hall–Kier alpha value is -3.74. The van der Waals surface area contributed by atoms with Gasteiger partial charge in [-0.1, -0.05) is 30.3 Å². The molecular weight excluding hydrogens is 436 g/mol. The number of hydrogen-bond donors (Lipinski definition) is 4. The van der Waals surface area contributed by atoms with Crippen LogP contribution in [0.25, 0.3) is 27.6 Å². The van der Waals surface area contributed by atoms with Crippen LogP contribution in [0.4, 0.5) is 5.69 Å². The van der Waals surface area contributed by atoms with Crippen molar-refractivity contribution in [1.29, 1.82) is 5.41 Å². The maximum Gasteiger partial charge on any atom is 0.263 e. The van der Waals surface area contributed by atoms with Gasteiger partial charge in [0.1, 0.15) is 0 Å². The average Bonchev–Trinajstić information content (AvgIpc) is 3.68. The van der Waals surface area contributed by atoms with Crippen molar-refractivity contribution >= 4 is 22.7 Å². The fourth-order valence-electron chi connectivity index (χ4n) is 5.16. The van der Waals surface area contributed by atoms with Crippen molar-refractivity contribution in [2.24, 2.45) is 0 Å². The van der Waals surface area contributed by atoms with Gasteiger partial charge in [-0.25, -0.2) is 0 Å². The lowest BCUT2D eigenvalue weighted by molar-refractivity contribution is 0.282. The minimum Gasteiger partial charge on any atom is -0.398 e. The molecule has 6 nitrogen and oxygen atoms in total. The number of nitrogens with one attached hydrogen (secondary N) is 2. The Morgan fingerprint density at radius 3 is 2.57 bits per heavy atom. The van der Waals surface area contributed by atoms with E-state index in [1.807, 2.05) is 36.4 Å². The second-order valence-electron chi connectivity index (χ2n) is 9.64. The monoisotopic (exact) mass is 464 g/mol. The highest BCUT2D eigenvalue weighted by Gasteiger charge is 2.27. The summed E-state index contributed by atoms with van der Waals surface area (Å²) in [4.78, 5) is 14.0. The summed E-state index contributed by atoms with van der Waals surface area (Å²) in [7, 11) is 0. The molecular formula is C29H28N4O2. The number of aromatic nitrogens is 1. The van der Waals surface area contributed by atoms with E-state index in [9.17, 15) is 9.90 Å². The van der Waals surface area contributed by atoms with Gasteiger partial charge < -0.3 is 21.6 Å². The minimum absolute atomic E-state index is 0.0592. The second kappa shape index (κ2) is 8.48. The van der Waals surface area contributed by atoms with E-state index in [0.29, 0.717) is 33.8 Å². The molecule has 6 rings (SSSR count). The molecule has 1 saturated heterocycles. The van der Waals surface area contributed by atoms with Crippen LogP contribution in [0.3, 0.4) is 0 Å². The van der Waals surface area contributed by atoms with Gasteiger partial charge in [-0.15, -0.1) is 0 Å². The first kappa shape index (κ1) is 21.8. The molecule has 0 radical (unpaired) electrons. The van der Waals surface area contributed by atoms with Crippen LogP contribution in [0.5, 0.6) is 0 Å². The normalized spacial score (nSPS) is 15.8. The lowest BCUT2D eigenvalue weighted by atomic mass is 9.93. The molecule has 4 aromatic rings. The molecule has 35 heavy (non-hydrogen) atoms. The van der Waals surface area contributed by atoms with Crippen molar-refractivity contribution in [2.75, 3.05) is 18.8 Å². The number of nitrogens with zero attached hydrogens (tertiary/aromatic N) is 1. The van der Waals surface area contributed by atoms with Gasteiger partial charge in [-0.05, 0) is 71.2 Å². The van der Waals surface area contributed by atoms with E-state index in [0.717, 1.165) is 35.3 Å². The van der Waals surface area contributed by atoms with Gasteiger partial charge in [0.25, 0.3) is 5.56 Å². The predicted octanol–water partition coefficient (Wildman–Crippen LogP) is 4.29. The Morgan fingerprint density at radius 2 is 1.89 bits per heavy atom. The first-order chi connectivity index (χ1) is 17.1. The molecule has 1 aliphatic heterocycles. The highest BCUT2D eigenvalue weighted by molar-refractivity contribution is 5.88. The van der Waals surface area contributed by atoms with Gasteiger partial charge in [0.15, 0.2) is 0 Å². The van der Waals surface area contributed by atoms with Crippen LogP contribution in [-0.2, 0) is 6.61 Å². The number of nitrogen functional groups attached to an aromatic ring is 1. The third-order valence-corrected chi connectivity index (χ3v) is 7.42. The summed E-state index contributed by atoms with van der Waals surface area (Å²) in [5.41, 5.74) is 12.4. The molecule has 0 bridgehead atoms. The first-order valence-electron chi connectivity index (χ1n) is 12.1. The summed E-state index contributed by atoms with van der Waals surface area (Å²) in [6, 6.07) is 19.7. The summed E-state index contributed by atoms with van der Waals surface area (Å²) in [5, 5.41) is 23.2. The highest BCUT2D eigenvalue weighted by Crippen LogP contribution is 2.41. The SMILES string of the molecule is N=Cc1cc(-c2cccc(-n3c(C4CNC4)cc4cc(C5CC5)ccc4c3=O)c2CO)ccc1N. The Bertz CT molecular complexity index is 1530. The number of fused-ring (bicyclic) bond motifs is 1. The molecule has 0 atom stereocenters. The zero-order valence-electron chi connectivity index (χ0n) is 19.4. The molecule has 6 heteroatoms. The lowest BCUT2D eigenvalue weighted by Gasteiger charge is -2.31. The number of pyridine rings is 1. The number of benzene rings is 3. The topological polar surface area (TPSA) is 104 Å². The van der Waals surface area contributed by atoms with Gasteiger partial charge in [-0.2, -0.15) is 0 Å². The number of hydrogen-bond acceptors (Lipinski definition) is 5. The van der Waals surface area contributed by atoms with Crippen LogP contribution in [0.15, 0.2) is 65.5 Å². The molecule has 0 amide bonds. The molecule has 3 aromatic carbocycles. The van der Waals surface area contributed by atoms with E-state index in [1.54, 1.807) is 10.6 Å². The lowest BCUT2D eigenvalue weighted by Crippen LogP contribution is -2.42. The summed E-state index contributed by atoms with van der Waals surface area (Å²) in [5.74, 6) is 0.854. The van der Waals surface area contributed by atoms with Crippen molar-refractivity contribution in [3.63, 3.8) is 0 Å². The Balaban J connectivity index is 1.59. The van der Waals surface area contributed by atoms with E-state index in [-0.39, 0.29) is 18.1 Å². The van der Waals surface area contributed by atoms with Crippen molar-refractivity contribution < 1.29 is 5.11 Å². The Kier molecular flexibility index (Phi) is 5.28. The number of anilines is 1. The largest absolute Gasteiger partial charge is 0.398 e. The zero-order chi connectivity index (χ0) is 24.1. The van der Waals surface area contributed by atoms with Gasteiger partial charge in [0, 0.05) is 53.1 Å². The maximum absolute atomic E-state index is 14.0. The van der Waals surface area contributed by atoms with Crippen LogP contribution in [-0.4, -0.2) is 29.0 Å². The van der Waals surface area contributed by atoms with Gasteiger partial charge in [0.05, 0.1) is 12.3 Å².